The normalized spacial score (nSPS) is 24.6. The molecule has 114 valence electrons. The Morgan fingerprint density at radius 2 is 1.63 bits per heavy atom. The predicted octanol–water partition coefficient (Wildman–Crippen LogP) is 3.90. The van der Waals surface area contributed by atoms with Crippen molar-refractivity contribution in [1.29, 1.82) is 0 Å². The van der Waals surface area contributed by atoms with Crippen LogP contribution in [-0.2, 0) is 0 Å². The summed E-state index contributed by atoms with van der Waals surface area (Å²) in [6.07, 6.45) is 8.13. The first-order chi connectivity index (χ1) is 9.12. The Labute approximate surface area is 121 Å². The maximum Gasteiger partial charge on any atom is 0.00902 e. The molecule has 0 heterocycles. The first kappa shape index (κ1) is 17.0. The molecule has 1 aliphatic carbocycles. The second kappa shape index (κ2) is 8.97. The molecule has 0 aromatic heterocycles. The molecule has 0 bridgehead atoms. The topological polar surface area (TPSA) is 29.3 Å². The van der Waals surface area contributed by atoms with Gasteiger partial charge in [-0.1, -0.05) is 40.5 Å². The highest BCUT2D eigenvalue weighted by atomic mass is 15.2. The summed E-state index contributed by atoms with van der Waals surface area (Å²) in [5.74, 6) is 2.39. The Bertz CT molecular complexity index is 223. The lowest BCUT2D eigenvalue weighted by molar-refractivity contribution is 0.102. The summed E-state index contributed by atoms with van der Waals surface area (Å²) in [7, 11) is 0. The molecule has 2 heteroatoms. The highest BCUT2D eigenvalue weighted by molar-refractivity contribution is 4.81. The lowest BCUT2D eigenvalue weighted by Gasteiger charge is -2.39. The number of nitrogens with two attached hydrogens (primary N) is 1. The summed E-state index contributed by atoms with van der Waals surface area (Å²) in [4.78, 5) is 2.77. The molecule has 0 radical (unpaired) electrons. The van der Waals surface area contributed by atoms with Gasteiger partial charge in [0.15, 0.2) is 0 Å². The first-order valence-corrected chi connectivity index (χ1v) is 8.56. The zero-order valence-electron chi connectivity index (χ0n) is 13.7. The third-order valence-corrected chi connectivity index (χ3v) is 4.90. The maximum atomic E-state index is 5.99. The molecule has 2 N–H and O–H groups in total. The lowest BCUT2D eigenvalue weighted by atomic mass is 9.78. The highest BCUT2D eigenvalue weighted by Gasteiger charge is 2.27. The molecule has 0 spiro atoms. The largest absolute Gasteiger partial charge is 0.330 e. The van der Waals surface area contributed by atoms with Crippen LogP contribution in [0.5, 0.6) is 0 Å². The molecule has 0 aromatic rings. The van der Waals surface area contributed by atoms with E-state index in [1.54, 1.807) is 0 Å². The van der Waals surface area contributed by atoms with E-state index in [1.807, 2.05) is 0 Å². The maximum absolute atomic E-state index is 5.99. The van der Waals surface area contributed by atoms with E-state index >= 15 is 0 Å². The van der Waals surface area contributed by atoms with Crippen LogP contribution in [0.2, 0.25) is 0 Å². The fourth-order valence-corrected chi connectivity index (χ4v) is 3.78. The van der Waals surface area contributed by atoms with Gasteiger partial charge in [0.1, 0.15) is 0 Å². The third kappa shape index (κ3) is 5.43. The van der Waals surface area contributed by atoms with E-state index in [0.717, 1.165) is 30.3 Å². The molecule has 2 unspecified atom stereocenters. The molecule has 2 atom stereocenters. The van der Waals surface area contributed by atoms with Crippen molar-refractivity contribution in [1.82, 2.24) is 4.90 Å². The van der Waals surface area contributed by atoms with Crippen LogP contribution in [0.4, 0.5) is 0 Å². The Kier molecular flexibility index (Phi) is 8.01. The molecule has 1 aliphatic rings. The van der Waals surface area contributed by atoms with Gasteiger partial charge in [-0.3, -0.25) is 4.90 Å². The van der Waals surface area contributed by atoms with Gasteiger partial charge in [0.2, 0.25) is 0 Å². The molecule has 19 heavy (non-hydrogen) atoms. The summed E-state index contributed by atoms with van der Waals surface area (Å²) >= 11 is 0. The van der Waals surface area contributed by atoms with Gasteiger partial charge in [0.05, 0.1) is 0 Å². The van der Waals surface area contributed by atoms with E-state index in [2.05, 4.69) is 32.6 Å². The Morgan fingerprint density at radius 1 is 1.05 bits per heavy atom. The SMILES string of the molecule is CCC(CC)N(CC(C)C)CC1CCCCC1CN. The van der Waals surface area contributed by atoms with E-state index in [1.165, 1.54) is 51.6 Å². The van der Waals surface area contributed by atoms with Crippen molar-refractivity contribution < 1.29 is 0 Å². The van der Waals surface area contributed by atoms with Crippen molar-refractivity contribution in [3.05, 3.63) is 0 Å². The zero-order chi connectivity index (χ0) is 14.3. The minimum Gasteiger partial charge on any atom is -0.330 e. The molecule has 0 saturated heterocycles. The summed E-state index contributed by atoms with van der Waals surface area (Å²) in [6, 6.07) is 0.766. The number of rotatable bonds is 8. The second-order valence-corrected chi connectivity index (χ2v) is 6.86. The van der Waals surface area contributed by atoms with Crippen molar-refractivity contribution in [2.24, 2.45) is 23.5 Å². The number of nitrogens with zero attached hydrogens (tertiary/aromatic N) is 1. The van der Waals surface area contributed by atoms with Gasteiger partial charge in [0.25, 0.3) is 0 Å². The van der Waals surface area contributed by atoms with Crippen LogP contribution in [0.15, 0.2) is 0 Å². The zero-order valence-corrected chi connectivity index (χ0v) is 13.7. The third-order valence-electron chi connectivity index (χ3n) is 4.90. The Hall–Kier alpha value is -0.0800. The molecule has 1 fully saturated rings. The van der Waals surface area contributed by atoms with E-state index < -0.39 is 0 Å². The smallest absolute Gasteiger partial charge is 0.00902 e. The predicted molar refractivity (Wildman–Crippen MR) is 85.3 cm³/mol. The summed E-state index contributed by atoms with van der Waals surface area (Å²) in [5.41, 5.74) is 5.99. The minimum absolute atomic E-state index is 0.764. The number of hydrogen-bond donors (Lipinski definition) is 1. The van der Waals surface area contributed by atoms with Crippen molar-refractivity contribution in [3.63, 3.8) is 0 Å². The van der Waals surface area contributed by atoms with Crippen molar-refractivity contribution >= 4 is 0 Å². The highest BCUT2D eigenvalue weighted by Crippen LogP contribution is 2.31. The lowest BCUT2D eigenvalue weighted by Crippen LogP contribution is -2.43. The van der Waals surface area contributed by atoms with Crippen LogP contribution in [0.1, 0.15) is 66.2 Å². The van der Waals surface area contributed by atoms with Crippen LogP contribution in [-0.4, -0.2) is 30.6 Å². The minimum atomic E-state index is 0.764. The average Bonchev–Trinajstić information content (AvgIpc) is 2.40. The van der Waals surface area contributed by atoms with Gasteiger partial charge in [-0.25, -0.2) is 0 Å². The monoisotopic (exact) mass is 268 g/mol. The van der Waals surface area contributed by atoms with Gasteiger partial charge < -0.3 is 5.73 Å². The van der Waals surface area contributed by atoms with Crippen LogP contribution in [0.3, 0.4) is 0 Å². The summed E-state index contributed by atoms with van der Waals surface area (Å²) in [6.45, 7) is 12.8. The molecular weight excluding hydrogens is 232 g/mol. The molecule has 0 aromatic carbocycles. The Morgan fingerprint density at radius 3 is 2.11 bits per heavy atom. The molecule has 2 nitrogen and oxygen atoms in total. The van der Waals surface area contributed by atoms with Gasteiger partial charge >= 0.3 is 0 Å². The summed E-state index contributed by atoms with van der Waals surface area (Å²) in [5, 5.41) is 0. The molecule has 0 aliphatic heterocycles. The number of hydrogen-bond acceptors (Lipinski definition) is 2. The van der Waals surface area contributed by atoms with E-state index in [9.17, 15) is 0 Å². The van der Waals surface area contributed by atoms with Crippen LogP contribution in [0.25, 0.3) is 0 Å². The van der Waals surface area contributed by atoms with Gasteiger partial charge in [0, 0.05) is 19.1 Å². The van der Waals surface area contributed by atoms with Gasteiger partial charge in [-0.05, 0) is 50.0 Å². The quantitative estimate of drug-likeness (QED) is 0.723. The van der Waals surface area contributed by atoms with Crippen LogP contribution >= 0.6 is 0 Å². The van der Waals surface area contributed by atoms with E-state index in [0.29, 0.717) is 0 Å². The van der Waals surface area contributed by atoms with Gasteiger partial charge in [-0.2, -0.15) is 0 Å². The summed E-state index contributed by atoms with van der Waals surface area (Å²) < 4.78 is 0. The Balaban J connectivity index is 2.63. The standard InChI is InChI=1S/C17H36N2/c1-5-17(6-2)19(12-14(3)4)13-16-10-8-7-9-15(16)11-18/h14-17H,5-13,18H2,1-4H3. The van der Waals surface area contributed by atoms with Crippen molar-refractivity contribution in [3.8, 4) is 0 Å². The van der Waals surface area contributed by atoms with Crippen LogP contribution in [0, 0.1) is 17.8 Å². The fraction of sp³-hybridized carbons (Fsp3) is 1.00. The van der Waals surface area contributed by atoms with E-state index in [4.69, 9.17) is 5.73 Å². The second-order valence-electron chi connectivity index (χ2n) is 6.86. The van der Waals surface area contributed by atoms with Crippen molar-refractivity contribution in [2.45, 2.75) is 72.3 Å². The molecule has 0 amide bonds. The average molecular weight is 268 g/mol. The van der Waals surface area contributed by atoms with E-state index in [-0.39, 0.29) is 0 Å². The molecular formula is C17H36N2. The molecule has 1 saturated carbocycles. The molecule has 1 rings (SSSR count). The van der Waals surface area contributed by atoms with Gasteiger partial charge in [-0.15, -0.1) is 0 Å². The van der Waals surface area contributed by atoms with Crippen molar-refractivity contribution in [2.75, 3.05) is 19.6 Å². The van der Waals surface area contributed by atoms with Crippen LogP contribution < -0.4 is 5.73 Å². The fourth-order valence-electron chi connectivity index (χ4n) is 3.78. The first-order valence-electron chi connectivity index (χ1n) is 8.56.